The van der Waals surface area contributed by atoms with Gasteiger partial charge in [0.25, 0.3) is 0 Å². The highest BCUT2D eigenvalue weighted by molar-refractivity contribution is 5.41. The molecule has 0 aliphatic heterocycles. The van der Waals surface area contributed by atoms with Gasteiger partial charge in [-0.3, -0.25) is 4.57 Å². The lowest BCUT2D eigenvalue weighted by atomic mass is 10.3. The summed E-state index contributed by atoms with van der Waals surface area (Å²) >= 11 is 0. The average molecular weight is 256 g/mol. The predicted molar refractivity (Wildman–Crippen MR) is 60.6 cm³/mol. The van der Waals surface area contributed by atoms with Crippen LogP contribution >= 0.6 is 0 Å². The maximum atomic E-state index is 12.4. The fraction of sp³-hybridized carbons (Fsp3) is 0.273. The number of nitrogens with one attached hydrogen (secondary N) is 1. The Balaban J connectivity index is 2.40. The van der Waals surface area contributed by atoms with E-state index in [0.29, 0.717) is 11.6 Å². The molecule has 4 nitrogen and oxygen atoms in total. The zero-order chi connectivity index (χ0) is 13.3. The number of hydrogen-bond donors (Lipinski definition) is 1. The molecule has 1 N–H and O–H groups in total. The van der Waals surface area contributed by atoms with Crippen LogP contribution in [0.1, 0.15) is 11.4 Å². The molecule has 0 atom stereocenters. The van der Waals surface area contributed by atoms with Gasteiger partial charge < -0.3 is 5.32 Å². The van der Waals surface area contributed by atoms with Crippen molar-refractivity contribution >= 4 is 5.95 Å². The number of imidazole rings is 1. The molecule has 0 spiro atoms. The molecule has 0 radical (unpaired) electrons. The maximum Gasteiger partial charge on any atom is 0.433 e. The van der Waals surface area contributed by atoms with Crippen molar-refractivity contribution in [3.05, 3.63) is 35.9 Å². The van der Waals surface area contributed by atoms with Gasteiger partial charge in [-0.05, 0) is 19.1 Å². The summed E-state index contributed by atoms with van der Waals surface area (Å²) in [4.78, 5) is 7.59. The molecule has 0 saturated heterocycles. The van der Waals surface area contributed by atoms with Crippen molar-refractivity contribution < 1.29 is 13.2 Å². The molecule has 7 heteroatoms. The van der Waals surface area contributed by atoms with Crippen molar-refractivity contribution in [3.63, 3.8) is 0 Å². The largest absolute Gasteiger partial charge is 0.433 e. The summed E-state index contributed by atoms with van der Waals surface area (Å²) in [7, 11) is 1.69. The zero-order valence-electron chi connectivity index (χ0n) is 9.78. The molecular weight excluding hydrogens is 245 g/mol. The highest BCUT2D eigenvalue weighted by Gasteiger charge is 2.32. The first kappa shape index (κ1) is 12.4. The fourth-order valence-corrected chi connectivity index (χ4v) is 1.57. The molecule has 2 aromatic heterocycles. The molecule has 0 unspecified atom stereocenters. The lowest BCUT2D eigenvalue weighted by molar-refractivity contribution is -0.141. The smallest absolute Gasteiger partial charge is 0.358 e. The Bertz CT molecular complexity index is 542. The molecular formula is C11H11F3N4. The van der Waals surface area contributed by atoms with Crippen molar-refractivity contribution in [2.45, 2.75) is 13.1 Å². The topological polar surface area (TPSA) is 42.7 Å². The lowest BCUT2D eigenvalue weighted by Gasteiger charge is -2.09. The van der Waals surface area contributed by atoms with E-state index in [9.17, 15) is 13.2 Å². The van der Waals surface area contributed by atoms with Crippen LogP contribution in [0.3, 0.4) is 0 Å². The van der Waals surface area contributed by atoms with E-state index < -0.39 is 11.9 Å². The summed E-state index contributed by atoms with van der Waals surface area (Å²) in [5, 5.41) is 2.86. The molecule has 0 aromatic carbocycles. The van der Waals surface area contributed by atoms with Crippen molar-refractivity contribution in [2.75, 3.05) is 12.4 Å². The molecule has 2 rings (SSSR count). The second kappa shape index (κ2) is 4.32. The number of aryl methyl sites for hydroxylation is 1. The minimum absolute atomic E-state index is 0.521. The third-order valence-electron chi connectivity index (χ3n) is 2.37. The Morgan fingerprint density at radius 3 is 2.50 bits per heavy atom. The Labute approximate surface area is 101 Å². The molecule has 0 amide bonds. The van der Waals surface area contributed by atoms with Crippen LogP contribution in [0.5, 0.6) is 0 Å². The second-order valence-corrected chi connectivity index (χ2v) is 3.73. The predicted octanol–water partition coefficient (Wildman–Crippen LogP) is 2.64. The highest BCUT2D eigenvalue weighted by Crippen LogP contribution is 2.28. The summed E-state index contributed by atoms with van der Waals surface area (Å²) in [6, 6.07) is 2.31. The first-order valence-electron chi connectivity index (χ1n) is 5.19. The summed E-state index contributed by atoms with van der Waals surface area (Å²) in [5.41, 5.74) is 0.376. The van der Waals surface area contributed by atoms with E-state index in [-0.39, 0.29) is 0 Å². The van der Waals surface area contributed by atoms with Gasteiger partial charge in [0.05, 0.1) is 17.6 Å². The van der Waals surface area contributed by atoms with Crippen LogP contribution in [-0.2, 0) is 6.18 Å². The van der Waals surface area contributed by atoms with Gasteiger partial charge in [-0.15, -0.1) is 0 Å². The van der Waals surface area contributed by atoms with Crippen molar-refractivity contribution in [2.24, 2.45) is 0 Å². The third kappa shape index (κ3) is 2.29. The quantitative estimate of drug-likeness (QED) is 0.898. The molecule has 18 heavy (non-hydrogen) atoms. The van der Waals surface area contributed by atoms with E-state index >= 15 is 0 Å². The van der Waals surface area contributed by atoms with Gasteiger partial charge in [-0.25, -0.2) is 9.97 Å². The van der Waals surface area contributed by atoms with Crippen LogP contribution in [0, 0.1) is 6.92 Å². The van der Waals surface area contributed by atoms with E-state index in [1.165, 1.54) is 12.3 Å². The normalized spacial score (nSPS) is 11.6. The first-order chi connectivity index (χ1) is 8.41. The standard InChI is InChI=1S/C11H11F3N4/c1-7-6-18(10(15-2)17-7)8-3-4-9(16-5-8)11(12,13)14/h3-6H,1-2H3,(H,15,17). The maximum absolute atomic E-state index is 12.4. The van der Waals surface area contributed by atoms with Crippen molar-refractivity contribution in [3.8, 4) is 5.69 Å². The van der Waals surface area contributed by atoms with E-state index in [0.717, 1.165) is 11.8 Å². The van der Waals surface area contributed by atoms with Crippen LogP contribution in [0.4, 0.5) is 19.1 Å². The lowest BCUT2D eigenvalue weighted by Crippen LogP contribution is -2.08. The van der Waals surface area contributed by atoms with Crippen molar-refractivity contribution in [1.82, 2.24) is 14.5 Å². The van der Waals surface area contributed by atoms with Gasteiger partial charge in [-0.1, -0.05) is 0 Å². The van der Waals surface area contributed by atoms with Gasteiger partial charge in [-0.2, -0.15) is 13.2 Å². The summed E-state index contributed by atoms with van der Waals surface area (Å²) in [6.45, 7) is 1.80. The molecule has 2 aromatic rings. The van der Waals surface area contributed by atoms with E-state index in [4.69, 9.17) is 0 Å². The summed E-state index contributed by atoms with van der Waals surface area (Å²) in [5.74, 6) is 0.550. The Kier molecular flexibility index (Phi) is 2.98. The molecule has 0 fully saturated rings. The number of nitrogens with zero attached hydrogens (tertiary/aromatic N) is 3. The van der Waals surface area contributed by atoms with Gasteiger partial charge in [0.2, 0.25) is 5.95 Å². The van der Waals surface area contributed by atoms with Crippen LogP contribution in [0.2, 0.25) is 0 Å². The van der Waals surface area contributed by atoms with Crippen LogP contribution < -0.4 is 5.32 Å². The van der Waals surface area contributed by atoms with Gasteiger partial charge in [0, 0.05) is 13.2 Å². The van der Waals surface area contributed by atoms with Gasteiger partial charge in [0.15, 0.2) is 0 Å². The summed E-state index contributed by atoms with van der Waals surface area (Å²) in [6.07, 6.45) is -1.53. The van der Waals surface area contributed by atoms with E-state index in [1.54, 1.807) is 24.7 Å². The van der Waals surface area contributed by atoms with Crippen LogP contribution in [-0.4, -0.2) is 21.6 Å². The number of hydrogen-bond acceptors (Lipinski definition) is 3. The number of aromatic nitrogens is 3. The first-order valence-corrected chi connectivity index (χ1v) is 5.19. The highest BCUT2D eigenvalue weighted by atomic mass is 19.4. The molecule has 0 aliphatic rings. The SMILES string of the molecule is CNc1nc(C)cn1-c1ccc(C(F)(F)F)nc1. The third-order valence-corrected chi connectivity index (χ3v) is 2.37. The molecule has 0 aliphatic carbocycles. The zero-order valence-corrected chi connectivity index (χ0v) is 9.78. The number of halogens is 3. The van der Waals surface area contributed by atoms with Gasteiger partial charge in [0.1, 0.15) is 5.69 Å². The van der Waals surface area contributed by atoms with E-state index in [1.807, 2.05) is 0 Å². The Morgan fingerprint density at radius 1 is 1.28 bits per heavy atom. The molecule has 2 heterocycles. The van der Waals surface area contributed by atoms with Gasteiger partial charge >= 0.3 is 6.18 Å². The monoisotopic (exact) mass is 256 g/mol. The van der Waals surface area contributed by atoms with Crippen LogP contribution in [0.15, 0.2) is 24.5 Å². The van der Waals surface area contributed by atoms with Crippen molar-refractivity contribution in [1.29, 1.82) is 0 Å². The van der Waals surface area contributed by atoms with E-state index in [2.05, 4.69) is 15.3 Å². The second-order valence-electron chi connectivity index (χ2n) is 3.73. The number of pyridine rings is 1. The number of alkyl halides is 3. The Morgan fingerprint density at radius 2 is 2.00 bits per heavy atom. The average Bonchev–Trinajstić information content (AvgIpc) is 2.69. The minimum Gasteiger partial charge on any atom is -0.358 e. The molecule has 96 valence electrons. The molecule has 0 saturated carbocycles. The fourth-order valence-electron chi connectivity index (χ4n) is 1.57. The number of rotatable bonds is 2. The molecule has 0 bridgehead atoms. The number of anilines is 1. The minimum atomic E-state index is -4.42. The summed E-state index contributed by atoms with van der Waals surface area (Å²) < 4.78 is 38.8. The van der Waals surface area contributed by atoms with Crippen LogP contribution in [0.25, 0.3) is 5.69 Å². The Hall–Kier alpha value is -2.05.